The molecule has 0 aliphatic carbocycles. The van der Waals surface area contributed by atoms with Crippen LogP contribution in [0.4, 0.5) is 5.69 Å². The number of terminal acetylenes is 1. The third-order valence-electron chi connectivity index (χ3n) is 4.05. The molecule has 126 valence electrons. The van der Waals surface area contributed by atoms with Crippen LogP contribution in [0.1, 0.15) is 26.9 Å². The number of primary amides is 1. The van der Waals surface area contributed by atoms with Crippen molar-refractivity contribution in [2.24, 2.45) is 11.5 Å². The van der Waals surface area contributed by atoms with E-state index in [2.05, 4.69) is 5.92 Å². The van der Waals surface area contributed by atoms with Crippen LogP contribution in [-0.2, 0) is 4.79 Å². The maximum Gasteiger partial charge on any atom is 0.248 e. The van der Waals surface area contributed by atoms with Crippen molar-refractivity contribution < 1.29 is 9.59 Å². The lowest BCUT2D eigenvalue weighted by molar-refractivity contribution is -0.117. The molecule has 6 heteroatoms. The molecular formula is C19H17N3O2S. The van der Waals surface area contributed by atoms with E-state index in [4.69, 9.17) is 17.9 Å². The molecule has 0 bridgehead atoms. The standard InChI is InChI=1S/C19H17N3O2S/c1-2-12-6-3-4-9-15(12)19-22(18(24)16(11-20)25-19)14-8-5-7-13(10-14)17(21)23/h1,3-10,16,19H,11,20H2,(H2,21,23)/t16-,19+/m1/s1. The van der Waals surface area contributed by atoms with Crippen molar-refractivity contribution >= 4 is 29.3 Å². The highest BCUT2D eigenvalue weighted by molar-refractivity contribution is 8.01. The number of anilines is 1. The largest absolute Gasteiger partial charge is 0.366 e. The molecule has 0 spiro atoms. The van der Waals surface area contributed by atoms with Gasteiger partial charge in [-0.05, 0) is 24.3 Å². The normalized spacial score (nSPS) is 19.7. The summed E-state index contributed by atoms with van der Waals surface area (Å²) in [5, 5.41) is -0.676. The lowest BCUT2D eigenvalue weighted by Gasteiger charge is -2.25. The molecule has 25 heavy (non-hydrogen) atoms. The number of carbonyl (C=O) groups is 2. The molecule has 0 aromatic heterocycles. The lowest BCUT2D eigenvalue weighted by Crippen LogP contribution is -2.34. The van der Waals surface area contributed by atoms with E-state index in [0.717, 1.165) is 11.1 Å². The second-order valence-corrected chi connectivity index (χ2v) is 6.85. The van der Waals surface area contributed by atoms with Crippen LogP contribution in [-0.4, -0.2) is 23.6 Å². The highest BCUT2D eigenvalue weighted by atomic mass is 32.2. The van der Waals surface area contributed by atoms with Gasteiger partial charge in [0.2, 0.25) is 11.8 Å². The Bertz CT molecular complexity index is 875. The van der Waals surface area contributed by atoms with Crippen molar-refractivity contribution in [2.75, 3.05) is 11.4 Å². The van der Waals surface area contributed by atoms with E-state index in [0.29, 0.717) is 11.3 Å². The quantitative estimate of drug-likeness (QED) is 0.823. The number of hydrogen-bond donors (Lipinski definition) is 2. The van der Waals surface area contributed by atoms with Gasteiger partial charge in [0.05, 0.1) is 5.25 Å². The lowest BCUT2D eigenvalue weighted by atomic mass is 10.1. The number of benzene rings is 2. The molecular weight excluding hydrogens is 334 g/mol. The van der Waals surface area contributed by atoms with Crippen molar-refractivity contribution in [1.29, 1.82) is 0 Å². The van der Waals surface area contributed by atoms with E-state index >= 15 is 0 Å². The predicted molar refractivity (Wildman–Crippen MR) is 100.0 cm³/mol. The van der Waals surface area contributed by atoms with Crippen LogP contribution < -0.4 is 16.4 Å². The molecule has 2 amide bonds. The average Bonchev–Trinajstić information content (AvgIpc) is 2.98. The van der Waals surface area contributed by atoms with Gasteiger partial charge in [0.25, 0.3) is 0 Å². The number of nitrogens with zero attached hydrogens (tertiary/aromatic N) is 1. The summed E-state index contributed by atoms with van der Waals surface area (Å²) >= 11 is 1.46. The molecule has 0 unspecified atom stereocenters. The number of thioether (sulfide) groups is 1. The molecule has 2 atom stereocenters. The highest BCUT2D eigenvalue weighted by Crippen LogP contribution is 2.46. The summed E-state index contributed by atoms with van der Waals surface area (Å²) in [4.78, 5) is 26.0. The van der Waals surface area contributed by atoms with Crippen LogP contribution >= 0.6 is 11.8 Å². The van der Waals surface area contributed by atoms with Gasteiger partial charge in [0.15, 0.2) is 0 Å². The van der Waals surface area contributed by atoms with Gasteiger partial charge in [-0.25, -0.2) is 0 Å². The van der Waals surface area contributed by atoms with Crippen LogP contribution in [0.3, 0.4) is 0 Å². The first kappa shape index (κ1) is 17.1. The van der Waals surface area contributed by atoms with Crippen LogP contribution in [0, 0.1) is 12.3 Å². The van der Waals surface area contributed by atoms with E-state index in [-0.39, 0.29) is 23.1 Å². The Labute approximate surface area is 150 Å². The predicted octanol–water partition coefficient (Wildman–Crippen LogP) is 1.87. The third kappa shape index (κ3) is 3.12. The fourth-order valence-corrected chi connectivity index (χ4v) is 4.18. The maximum absolute atomic E-state index is 12.9. The fraction of sp³-hybridized carbons (Fsp3) is 0.158. The highest BCUT2D eigenvalue weighted by Gasteiger charge is 2.42. The Hall–Kier alpha value is -2.75. The monoisotopic (exact) mass is 351 g/mol. The van der Waals surface area contributed by atoms with Gasteiger partial charge in [-0.3, -0.25) is 14.5 Å². The van der Waals surface area contributed by atoms with Gasteiger partial charge < -0.3 is 11.5 Å². The molecule has 1 aliphatic heterocycles. The smallest absolute Gasteiger partial charge is 0.248 e. The van der Waals surface area contributed by atoms with Crippen LogP contribution in [0.15, 0.2) is 48.5 Å². The van der Waals surface area contributed by atoms with Gasteiger partial charge >= 0.3 is 0 Å². The van der Waals surface area contributed by atoms with E-state index < -0.39 is 5.91 Å². The Balaban J connectivity index is 2.11. The first-order chi connectivity index (χ1) is 12.1. The SMILES string of the molecule is C#Cc1ccccc1[C@@H]1S[C@H](CN)C(=O)N1c1cccc(C(N)=O)c1. The number of carbonyl (C=O) groups excluding carboxylic acids is 2. The van der Waals surface area contributed by atoms with E-state index in [1.54, 1.807) is 29.2 Å². The van der Waals surface area contributed by atoms with Gasteiger partial charge in [0, 0.05) is 28.9 Å². The zero-order chi connectivity index (χ0) is 18.0. The zero-order valence-corrected chi connectivity index (χ0v) is 14.2. The number of nitrogens with two attached hydrogens (primary N) is 2. The minimum absolute atomic E-state index is 0.106. The van der Waals surface area contributed by atoms with Crippen LogP contribution in [0.5, 0.6) is 0 Å². The summed E-state index contributed by atoms with van der Waals surface area (Å²) in [6.07, 6.45) is 5.62. The molecule has 5 nitrogen and oxygen atoms in total. The minimum Gasteiger partial charge on any atom is -0.366 e. The van der Waals surface area contributed by atoms with Crippen molar-refractivity contribution in [3.63, 3.8) is 0 Å². The molecule has 2 aromatic rings. The molecule has 1 saturated heterocycles. The summed E-state index contributed by atoms with van der Waals surface area (Å²) in [7, 11) is 0. The maximum atomic E-state index is 12.9. The second-order valence-electron chi connectivity index (χ2n) is 5.57. The summed E-state index contributed by atoms with van der Waals surface area (Å²) in [5.74, 6) is 2.02. The Morgan fingerprint density at radius 2 is 2.00 bits per heavy atom. The van der Waals surface area contributed by atoms with E-state index in [1.807, 2.05) is 24.3 Å². The molecule has 2 aromatic carbocycles. The van der Waals surface area contributed by atoms with Crippen molar-refractivity contribution in [1.82, 2.24) is 0 Å². The van der Waals surface area contributed by atoms with Crippen molar-refractivity contribution in [3.8, 4) is 12.3 Å². The first-order valence-electron chi connectivity index (χ1n) is 7.70. The summed E-state index contributed by atoms with van der Waals surface area (Å²) < 4.78 is 0. The van der Waals surface area contributed by atoms with Gasteiger partial charge in [0.1, 0.15) is 5.37 Å². The molecule has 0 radical (unpaired) electrons. The molecule has 1 aliphatic rings. The third-order valence-corrected chi connectivity index (χ3v) is 5.49. The Kier molecular flexibility index (Phi) is 4.79. The summed E-state index contributed by atoms with van der Waals surface area (Å²) in [6.45, 7) is 0.226. The van der Waals surface area contributed by atoms with E-state index in [9.17, 15) is 9.59 Å². The fourth-order valence-electron chi connectivity index (χ4n) is 2.83. The number of hydrogen-bond acceptors (Lipinski definition) is 4. The van der Waals surface area contributed by atoms with Gasteiger partial charge in [-0.15, -0.1) is 18.2 Å². The number of rotatable bonds is 4. The molecule has 3 rings (SSSR count). The van der Waals surface area contributed by atoms with E-state index in [1.165, 1.54) is 11.8 Å². The zero-order valence-electron chi connectivity index (χ0n) is 13.4. The van der Waals surface area contributed by atoms with Gasteiger partial charge in [-0.2, -0.15) is 0 Å². The van der Waals surface area contributed by atoms with Crippen molar-refractivity contribution in [2.45, 2.75) is 10.6 Å². The molecule has 0 saturated carbocycles. The molecule has 4 N–H and O–H groups in total. The van der Waals surface area contributed by atoms with Gasteiger partial charge in [-0.1, -0.05) is 30.2 Å². The van der Waals surface area contributed by atoms with Crippen LogP contribution in [0.2, 0.25) is 0 Å². The summed E-state index contributed by atoms with van der Waals surface area (Å²) in [6, 6.07) is 14.2. The Morgan fingerprint density at radius 3 is 2.68 bits per heavy atom. The topological polar surface area (TPSA) is 89.4 Å². The van der Waals surface area contributed by atoms with Crippen LogP contribution in [0.25, 0.3) is 0 Å². The number of amides is 2. The molecule has 1 heterocycles. The first-order valence-corrected chi connectivity index (χ1v) is 8.65. The summed E-state index contributed by atoms with van der Waals surface area (Å²) in [5.41, 5.74) is 13.7. The second kappa shape index (κ2) is 7.01. The average molecular weight is 351 g/mol. The van der Waals surface area contributed by atoms with Crippen molar-refractivity contribution in [3.05, 3.63) is 65.2 Å². The molecule has 1 fully saturated rings. The Morgan fingerprint density at radius 1 is 1.24 bits per heavy atom. The minimum atomic E-state index is -0.544.